The summed E-state index contributed by atoms with van der Waals surface area (Å²) in [7, 11) is 1.55. The van der Waals surface area contributed by atoms with Gasteiger partial charge in [0.05, 0.1) is 7.11 Å². The minimum Gasteiger partial charge on any atom is -0.504 e. The minimum absolute atomic E-state index is 0.0620. The van der Waals surface area contributed by atoms with Crippen molar-refractivity contribution in [3.63, 3.8) is 0 Å². The van der Waals surface area contributed by atoms with Gasteiger partial charge >= 0.3 is 0 Å². The standard InChI is InChI=1S/C12H17NO2/c1-15-12-7-9(4-5-11(12)14)10(13)6-8-2-3-8/h4-5,7-8,10,14H,2-3,6,13H2,1H3/t10-/m1/s1. The van der Waals surface area contributed by atoms with Crippen LogP contribution < -0.4 is 10.5 Å². The number of nitrogens with two attached hydrogens (primary N) is 1. The molecule has 1 atom stereocenters. The van der Waals surface area contributed by atoms with Gasteiger partial charge in [0.25, 0.3) is 0 Å². The Hall–Kier alpha value is -1.22. The molecular formula is C12H17NO2. The van der Waals surface area contributed by atoms with Crippen molar-refractivity contribution in [3.05, 3.63) is 23.8 Å². The lowest BCUT2D eigenvalue weighted by Gasteiger charge is -2.13. The highest BCUT2D eigenvalue weighted by Crippen LogP contribution is 2.38. The van der Waals surface area contributed by atoms with Crippen LogP contribution in [0.4, 0.5) is 0 Å². The van der Waals surface area contributed by atoms with Gasteiger partial charge in [0.1, 0.15) is 0 Å². The molecule has 0 aliphatic heterocycles. The molecule has 0 heterocycles. The van der Waals surface area contributed by atoms with E-state index in [1.807, 2.05) is 12.1 Å². The third kappa shape index (κ3) is 2.42. The average Bonchev–Trinajstić information content (AvgIpc) is 3.02. The number of phenolic OH excluding ortho intramolecular Hbond substituents is 1. The summed E-state index contributed by atoms with van der Waals surface area (Å²) < 4.78 is 5.05. The molecule has 0 amide bonds. The van der Waals surface area contributed by atoms with E-state index in [0.717, 1.165) is 17.9 Å². The maximum Gasteiger partial charge on any atom is 0.160 e. The van der Waals surface area contributed by atoms with Crippen molar-refractivity contribution in [2.24, 2.45) is 11.7 Å². The fourth-order valence-corrected chi connectivity index (χ4v) is 1.77. The topological polar surface area (TPSA) is 55.5 Å². The summed E-state index contributed by atoms with van der Waals surface area (Å²) in [5.41, 5.74) is 7.11. The Morgan fingerprint density at radius 2 is 2.27 bits per heavy atom. The van der Waals surface area contributed by atoms with E-state index in [9.17, 15) is 5.11 Å². The van der Waals surface area contributed by atoms with E-state index in [4.69, 9.17) is 10.5 Å². The van der Waals surface area contributed by atoms with E-state index in [-0.39, 0.29) is 11.8 Å². The fraction of sp³-hybridized carbons (Fsp3) is 0.500. The van der Waals surface area contributed by atoms with Crippen LogP contribution in [-0.4, -0.2) is 12.2 Å². The second-order valence-electron chi connectivity index (χ2n) is 4.22. The summed E-state index contributed by atoms with van der Waals surface area (Å²) >= 11 is 0. The maximum atomic E-state index is 9.45. The van der Waals surface area contributed by atoms with Crippen molar-refractivity contribution in [1.29, 1.82) is 0 Å². The molecule has 1 aromatic rings. The number of hydrogen-bond donors (Lipinski definition) is 2. The summed E-state index contributed by atoms with van der Waals surface area (Å²) in [6.07, 6.45) is 3.65. The summed E-state index contributed by atoms with van der Waals surface area (Å²) in [6, 6.07) is 5.39. The highest BCUT2D eigenvalue weighted by Gasteiger charge is 2.24. The zero-order valence-electron chi connectivity index (χ0n) is 8.94. The molecule has 2 rings (SSSR count). The van der Waals surface area contributed by atoms with E-state index in [1.165, 1.54) is 12.8 Å². The number of phenols is 1. The number of benzene rings is 1. The van der Waals surface area contributed by atoms with Crippen LogP contribution in [-0.2, 0) is 0 Å². The molecule has 0 saturated heterocycles. The van der Waals surface area contributed by atoms with E-state index in [2.05, 4.69) is 0 Å². The second kappa shape index (κ2) is 4.11. The summed E-state index contributed by atoms with van der Waals surface area (Å²) in [5.74, 6) is 1.47. The van der Waals surface area contributed by atoms with Crippen LogP contribution in [0.2, 0.25) is 0 Å². The molecule has 0 unspecified atom stereocenters. The lowest BCUT2D eigenvalue weighted by Crippen LogP contribution is -2.10. The number of aromatic hydroxyl groups is 1. The predicted octanol–water partition coefficient (Wildman–Crippen LogP) is 2.20. The van der Waals surface area contributed by atoms with Crippen molar-refractivity contribution in [3.8, 4) is 11.5 Å². The third-order valence-electron chi connectivity index (χ3n) is 2.92. The van der Waals surface area contributed by atoms with E-state index < -0.39 is 0 Å². The fourth-order valence-electron chi connectivity index (χ4n) is 1.77. The summed E-state index contributed by atoms with van der Waals surface area (Å²) in [5, 5.41) is 9.45. The Morgan fingerprint density at radius 1 is 1.53 bits per heavy atom. The van der Waals surface area contributed by atoms with Gasteiger partial charge in [-0.1, -0.05) is 18.9 Å². The van der Waals surface area contributed by atoms with E-state index >= 15 is 0 Å². The van der Waals surface area contributed by atoms with Gasteiger partial charge in [0.2, 0.25) is 0 Å². The molecular weight excluding hydrogens is 190 g/mol. The van der Waals surface area contributed by atoms with Crippen LogP contribution >= 0.6 is 0 Å². The van der Waals surface area contributed by atoms with Gasteiger partial charge in [-0.05, 0) is 30.0 Å². The van der Waals surface area contributed by atoms with Crippen LogP contribution in [0, 0.1) is 5.92 Å². The zero-order chi connectivity index (χ0) is 10.8. The molecule has 15 heavy (non-hydrogen) atoms. The van der Waals surface area contributed by atoms with Crippen molar-refractivity contribution in [2.45, 2.75) is 25.3 Å². The highest BCUT2D eigenvalue weighted by molar-refractivity contribution is 5.42. The van der Waals surface area contributed by atoms with Gasteiger partial charge < -0.3 is 15.6 Å². The molecule has 3 nitrogen and oxygen atoms in total. The quantitative estimate of drug-likeness (QED) is 0.795. The first-order chi connectivity index (χ1) is 7.20. The SMILES string of the molecule is COc1cc([C@H](N)CC2CC2)ccc1O. The molecule has 0 bridgehead atoms. The molecule has 3 N–H and O–H groups in total. The highest BCUT2D eigenvalue weighted by atomic mass is 16.5. The van der Waals surface area contributed by atoms with Crippen LogP contribution in [0.5, 0.6) is 11.5 Å². The number of hydrogen-bond acceptors (Lipinski definition) is 3. The normalized spacial score (nSPS) is 17.5. The predicted molar refractivity (Wildman–Crippen MR) is 58.9 cm³/mol. The first-order valence-electron chi connectivity index (χ1n) is 5.33. The van der Waals surface area contributed by atoms with E-state index in [1.54, 1.807) is 13.2 Å². The van der Waals surface area contributed by atoms with Crippen LogP contribution in [0.1, 0.15) is 30.9 Å². The lowest BCUT2D eigenvalue weighted by molar-refractivity contribution is 0.372. The largest absolute Gasteiger partial charge is 0.504 e. The Balaban J connectivity index is 2.12. The summed E-state index contributed by atoms with van der Waals surface area (Å²) in [4.78, 5) is 0. The monoisotopic (exact) mass is 207 g/mol. The van der Waals surface area contributed by atoms with Crippen LogP contribution in [0.3, 0.4) is 0 Å². The molecule has 1 aliphatic rings. The first-order valence-corrected chi connectivity index (χ1v) is 5.33. The molecule has 3 heteroatoms. The molecule has 0 radical (unpaired) electrons. The maximum absolute atomic E-state index is 9.45. The summed E-state index contributed by atoms with van der Waals surface area (Å²) in [6.45, 7) is 0. The first kappa shape index (κ1) is 10.3. The Bertz CT molecular complexity index is 347. The molecule has 82 valence electrons. The van der Waals surface area contributed by atoms with Gasteiger partial charge in [-0.25, -0.2) is 0 Å². The zero-order valence-corrected chi connectivity index (χ0v) is 8.94. The molecule has 1 aromatic carbocycles. The Labute approximate surface area is 89.9 Å². The Morgan fingerprint density at radius 3 is 2.87 bits per heavy atom. The second-order valence-corrected chi connectivity index (χ2v) is 4.22. The minimum atomic E-state index is 0.0620. The molecule has 1 aliphatic carbocycles. The average molecular weight is 207 g/mol. The smallest absolute Gasteiger partial charge is 0.160 e. The van der Waals surface area contributed by atoms with Crippen molar-refractivity contribution in [1.82, 2.24) is 0 Å². The van der Waals surface area contributed by atoms with Crippen molar-refractivity contribution < 1.29 is 9.84 Å². The molecule has 0 spiro atoms. The van der Waals surface area contributed by atoms with Gasteiger partial charge in [-0.15, -0.1) is 0 Å². The van der Waals surface area contributed by atoms with Crippen molar-refractivity contribution in [2.75, 3.05) is 7.11 Å². The van der Waals surface area contributed by atoms with Gasteiger partial charge in [-0.3, -0.25) is 0 Å². The van der Waals surface area contributed by atoms with Crippen LogP contribution in [0.15, 0.2) is 18.2 Å². The molecule has 0 aromatic heterocycles. The number of ether oxygens (including phenoxy) is 1. The lowest BCUT2D eigenvalue weighted by atomic mass is 10.0. The van der Waals surface area contributed by atoms with Crippen LogP contribution in [0.25, 0.3) is 0 Å². The van der Waals surface area contributed by atoms with Gasteiger partial charge in [0.15, 0.2) is 11.5 Å². The Kier molecular flexibility index (Phi) is 2.82. The number of rotatable bonds is 4. The third-order valence-corrected chi connectivity index (χ3v) is 2.92. The van der Waals surface area contributed by atoms with E-state index in [0.29, 0.717) is 5.75 Å². The molecule has 1 fully saturated rings. The number of methoxy groups -OCH3 is 1. The van der Waals surface area contributed by atoms with Gasteiger partial charge in [-0.2, -0.15) is 0 Å². The van der Waals surface area contributed by atoms with Gasteiger partial charge in [0, 0.05) is 6.04 Å². The van der Waals surface area contributed by atoms with Crippen molar-refractivity contribution >= 4 is 0 Å². The molecule has 1 saturated carbocycles.